The molecule has 5 fully saturated rings. The highest BCUT2D eigenvalue weighted by Crippen LogP contribution is 2.36. The van der Waals surface area contributed by atoms with Crippen LogP contribution in [0.1, 0.15) is 53.4 Å². The molecule has 0 aromatic heterocycles. The highest BCUT2D eigenvalue weighted by Gasteiger charge is 2.50. The molecule has 5 aliphatic rings. The van der Waals surface area contributed by atoms with Gasteiger partial charge in [0, 0.05) is 54.1 Å². The molecule has 0 radical (unpaired) electrons. The third-order valence-corrected chi connectivity index (χ3v) is 10.8. The number of methoxy groups -OCH3 is 4. The Morgan fingerprint density at radius 1 is 0.462 bits per heavy atom. The SMILES string of the molecule is CO[C@H]1CC(O)O[C@H](C)[C@H]1O[C@H]1C[C@@H](OC)[C@H](O[C@H]2C[C@@H](OC)[C@H](O[C@H]3C[C@@H](OC)[C@H](O[C@@H]4O[C@H](CO)[C@@H](O)[C@H](O)[C@H]4O)[C@@H](C)O3)[C@@H](C)O2)[C@@H](C)O1. The second-order valence-corrected chi connectivity index (χ2v) is 14.2. The molecule has 5 aliphatic heterocycles. The number of rotatable bonds is 13. The van der Waals surface area contributed by atoms with Crippen LogP contribution in [0.5, 0.6) is 0 Å². The highest BCUT2D eigenvalue weighted by molar-refractivity contribution is 4.93. The lowest BCUT2D eigenvalue weighted by Gasteiger charge is -2.47. The fraction of sp³-hybridized carbons (Fsp3) is 1.00. The molecule has 5 N–H and O–H groups in total. The van der Waals surface area contributed by atoms with Crippen molar-refractivity contribution in [1.29, 1.82) is 0 Å². The van der Waals surface area contributed by atoms with Gasteiger partial charge < -0.3 is 87.1 Å². The minimum atomic E-state index is -1.58. The molecule has 5 saturated heterocycles. The van der Waals surface area contributed by atoms with E-state index < -0.39 is 124 Å². The second kappa shape index (κ2) is 18.9. The molecule has 0 amide bonds. The van der Waals surface area contributed by atoms with Crippen LogP contribution in [0.15, 0.2) is 0 Å². The highest BCUT2D eigenvalue weighted by atomic mass is 16.8. The summed E-state index contributed by atoms with van der Waals surface area (Å²) in [5.74, 6) is 0. The van der Waals surface area contributed by atoms with Crippen LogP contribution in [-0.4, -0.2) is 190 Å². The van der Waals surface area contributed by atoms with Gasteiger partial charge in [-0.1, -0.05) is 0 Å². The average molecular weight is 757 g/mol. The van der Waals surface area contributed by atoms with Gasteiger partial charge in [-0.25, -0.2) is 0 Å². The summed E-state index contributed by atoms with van der Waals surface area (Å²) in [5.41, 5.74) is 0. The van der Waals surface area contributed by atoms with Crippen molar-refractivity contribution in [3.05, 3.63) is 0 Å². The zero-order chi connectivity index (χ0) is 37.9. The average Bonchev–Trinajstić information content (AvgIpc) is 3.11. The molecule has 0 aliphatic carbocycles. The summed E-state index contributed by atoms with van der Waals surface area (Å²) in [5, 5.41) is 50.4. The normalized spacial score (nSPS) is 50.6. The number of aliphatic hydroxyl groups excluding tert-OH is 5. The Labute approximate surface area is 304 Å². The largest absolute Gasteiger partial charge is 0.394 e. The van der Waals surface area contributed by atoms with E-state index in [0.717, 1.165) is 0 Å². The summed E-state index contributed by atoms with van der Waals surface area (Å²) in [7, 11) is 6.30. The van der Waals surface area contributed by atoms with Crippen LogP contribution >= 0.6 is 0 Å². The van der Waals surface area contributed by atoms with Crippen molar-refractivity contribution in [2.24, 2.45) is 0 Å². The summed E-state index contributed by atoms with van der Waals surface area (Å²) in [6.45, 7) is 6.76. The Morgan fingerprint density at radius 2 is 0.827 bits per heavy atom. The molecule has 18 heteroatoms. The van der Waals surface area contributed by atoms with Crippen LogP contribution in [0.2, 0.25) is 0 Å². The quantitative estimate of drug-likeness (QED) is 0.151. The summed E-state index contributed by atoms with van der Waals surface area (Å²) >= 11 is 0. The third-order valence-electron chi connectivity index (χ3n) is 10.8. The van der Waals surface area contributed by atoms with Gasteiger partial charge in [-0.15, -0.1) is 0 Å². The molecule has 304 valence electrons. The molecule has 1 unspecified atom stereocenters. The third kappa shape index (κ3) is 9.62. The van der Waals surface area contributed by atoms with Crippen molar-refractivity contribution in [2.45, 2.75) is 182 Å². The molecule has 5 heterocycles. The predicted molar refractivity (Wildman–Crippen MR) is 174 cm³/mol. The Morgan fingerprint density at radius 3 is 1.21 bits per heavy atom. The Bertz CT molecular complexity index is 1070. The van der Waals surface area contributed by atoms with Gasteiger partial charge in [0.15, 0.2) is 31.5 Å². The summed E-state index contributed by atoms with van der Waals surface area (Å²) in [6.07, 6.45) is -14.6. The van der Waals surface area contributed by atoms with Crippen LogP contribution in [-0.2, 0) is 61.6 Å². The van der Waals surface area contributed by atoms with Crippen LogP contribution in [0.25, 0.3) is 0 Å². The zero-order valence-electron chi connectivity index (χ0n) is 31.2. The minimum Gasteiger partial charge on any atom is -0.394 e. The number of aliphatic hydroxyl groups is 5. The summed E-state index contributed by atoms with van der Waals surface area (Å²) < 4.78 is 78.2. The van der Waals surface area contributed by atoms with Gasteiger partial charge in [-0.3, -0.25) is 0 Å². The van der Waals surface area contributed by atoms with Crippen LogP contribution in [0, 0.1) is 0 Å². The van der Waals surface area contributed by atoms with Crippen molar-refractivity contribution < 1.29 is 87.1 Å². The second-order valence-electron chi connectivity index (χ2n) is 14.2. The van der Waals surface area contributed by atoms with Crippen molar-refractivity contribution in [3.63, 3.8) is 0 Å². The van der Waals surface area contributed by atoms with Crippen LogP contribution in [0.4, 0.5) is 0 Å². The van der Waals surface area contributed by atoms with E-state index in [1.165, 1.54) is 7.11 Å². The van der Waals surface area contributed by atoms with Crippen molar-refractivity contribution in [2.75, 3.05) is 35.0 Å². The van der Waals surface area contributed by atoms with E-state index in [9.17, 15) is 25.5 Å². The van der Waals surface area contributed by atoms with Crippen LogP contribution in [0.3, 0.4) is 0 Å². The lowest BCUT2D eigenvalue weighted by molar-refractivity contribution is -0.358. The molecular formula is C34H60O18. The topological polar surface area (TPSA) is 221 Å². The van der Waals surface area contributed by atoms with Gasteiger partial charge in [0.25, 0.3) is 0 Å². The molecule has 0 bridgehead atoms. The van der Waals surface area contributed by atoms with Crippen molar-refractivity contribution >= 4 is 0 Å². The van der Waals surface area contributed by atoms with E-state index in [2.05, 4.69) is 0 Å². The van der Waals surface area contributed by atoms with Crippen molar-refractivity contribution in [3.8, 4) is 0 Å². The van der Waals surface area contributed by atoms with E-state index in [0.29, 0.717) is 12.8 Å². The van der Waals surface area contributed by atoms with Gasteiger partial charge in [0.05, 0.1) is 55.4 Å². The monoisotopic (exact) mass is 756 g/mol. The van der Waals surface area contributed by atoms with Crippen molar-refractivity contribution in [1.82, 2.24) is 0 Å². The molecular weight excluding hydrogens is 696 g/mol. The first kappa shape index (κ1) is 42.4. The van der Waals surface area contributed by atoms with Gasteiger partial charge >= 0.3 is 0 Å². The first-order valence-electron chi connectivity index (χ1n) is 18.2. The van der Waals surface area contributed by atoms with Gasteiger partial charge in [0.1, 0.15) is 48.8 Å². The van der Waals surface area contributed by atoms with Gasteiger partial charge in [-0.05, 0) is 27.7 Å². The maximum absolute atomic E-state index is 10.5. The molecule has 18 nitrogen and oxygen atoms in total. The van der Waals surface area contributed by atoms with Gasteiger partial charge in [0.2, 0.25) is 0 Å². The fourth-order valence-electron chi connectivity index (χ4n) is 7.85. The predicted octanol–water partition coefficient (Wildman–Crippen LogP) is -1.08. The Kier molecular flexibility index (Phi) is 15.5. The van der Waals surface area contributed by atoms with E-state index in [1.54, 1.807) is 28.3 Å². The molecule has 0 aromatic rings. The maximum Gasteiger partial charge on any atom is 0.187 e. The first-order valence-corrected chi connectivity index (χ1v) is 18.2. The molecule has 0 spiro atoms. The molecule has 5 rings (SSSR count). The Balaban J connectivity index is 1.15. The van der Waals surface area contributed by atoms with E-state index in [1.807, 2.05) is 20.8 Å². The summed E-state index contributed by atoms with van der Waals surface area (Å²) in [6, 6.07) is 0. The van der Waals surface area contributed by atoms with Gasteiger partial charge in [-0.2, -0.15) is 0 Å². The zero-order valence-corrected chi connectivity index (χ0v) is 31.2. The molecule has 21 atom stereocenters. The lowest BCUT2D eigenvalue weighted by Crippen LogP contribution is -2.62. The van der Waals surface area contributed by atoms with E-state index in [4.69, 9.17) is 61.6 Å². The number of hydrogen-bond acceptors (Lipinski definition) is 18. The fourth-order valence-corrected chi connectivity index (χ4v) is 7.85. The van der Waals surface area contributed by atoms with Crippen LogP contribution < -0.4 is 0 Å². The minimum absolute atomic E-state index is 0.246. The number of hydrogen-bond donors (Lipinski definition) is 5. The maximum atomic E-state index is 10.5. The number of ether oxygens (including phenoxy) is 13. The molecule has 52 heavy (non-hydrogen) atoms. The lowest BCUT2D eigenvalue weighted by atomic mass is 9.97. The van der Waals surface area contributed by atoms with E-state index >= 15 is 0 Å². The smallest absolute Gasteiger partial charge is 0.187 e. The van der Waals surface area contributed by atoms with E-state index in [-0.39, 0.29) is 25.0 Å². The Hall–Kier alpha value is -0.720. The molecule has 0 aromatic carbocycles. The molecule has 0 saturated carbocycles. The standard InChI is InChI=1S/C34H60O18/c1-14-30(18(40-5)9-23(36)44-14)49-24-10-19(41-6)31(15(2)45-24)50-25-11-20(42-7)32(16(3)46-25)51-26-12-21(43-8)33(17(4)47-26)52-34-29(39)28(38)27(37)22(13-35)48-34/h14-39H,9-13H2,1-8H3/t14-,15-,16-,17-,18+,19-,20-,21-,22-,23?,24+,25+,26+,27-,28+,29-,30-,31-,32-,33-,34+/m1/s1. The first-order chi connectivity index (χ1) is 24.8. The summed E-state index contributed by atoms with van der Waals surface area (Å²) in [4.78, 5) is 0.